The van der Waals surface area contributed by atoms with Crippen LogP contribution in [-0.4, -0.2) is 44.9 Å². The monoisotopic (exact) mass is 476 g/mol. The molecule has 1 amide bonds. The zero-order valence-corrected chi connectivity index (χ0v) is 20.4. The Balaban J connectivity index is 1.13. The Hall–Kier alpha value is -3.34. The number of ketones is 1. The number of hydrogen-bond acceptors (Lipinski definition) is 7. The number of benzene rings is 1. The Kier molecular flexibility index (Phi) is 6.04. The van der Waals surface area contributed by atoms with Crippen molar-refractivity contribution in [2.24, 2.45) is 23.2 Å². The van der Waals surface area contributed by atoms with Crippen molar-refractivity contribution in [1.82, 2.24) is 5.32 Å². The summed E-state index contributed by atoms with van der Waals surface area (Å²) in [5.41, 5.74) is 1.78. The molecule has 1 heterocycles. The first-order chi connectivity index (χ1) is 16.8. The van der Waals surface area contributed by atoms with Crippen LogP contribution in [0.25, 0.3) is 0 Å². The molecule has 0 spiro atoms. The van der Waals surface area contributed by atoms with E-state index < -0.39 is 18.4 Å². The highest BCUT2D eigenvalue weighted by molar-refractivity contribution is 6.04. The molecule has 4 bridgehead atoms. The third-order valence-electron chi connectivity index (χ3n) is 8.35. The highest BCUT2D eigenvalue weighted by atomic mass is 16.5. The van der Waals surface area contributed by atoms with Crippen molar-refractivity contribution in [2.45, 2.75) is 44.9 Å². The minimum atomic E-state index is -0.684. The summed E-state index contributed by atoms with van der Waals surface area (Å²) in [6.45, 7) is -0.823. The summed E-state index contributed by atoms with van der Waals surface area (Å²) in [4.78, 5) is 41.2. The van der Waals surface area contributed by atoms with E-state index in [-0.39, 0.29) is 23.4 Å². The van der Waals surface area contributed by atoms with Crippen LogP contribution in [0.1, 0.15) is 44.9 Å². The predicted octanol–water partition coefficient (Wildman–Crippen LogP) is 3.14. The van der Waals surface area contributed by atoms with E-state index >= 15 is 0 Å². The van der Waals surface area contributed by atoms with Crippen LogP contribution >= 0.6 is 0 Å². The molecule has 6 rings (SSSR count). The number of carbonyl (C=O) groups is 3. The van der Waals surface area contributed by atoms with Gasteiger partial charge in [-0.3, -0.25) is 14.4 Å². The summed E-state index contributed by atoms with van der Waals surface area (Å²) >= 11 is 0. The fourth-order valence-electron chi connectivity index (χ4n) is 7.41. The number of hydrogen-bond donors (Lipinski definition) is 1. The second-order valence-electron chi connectivity index (χ2n) is 10.9. The third-order valence-corrected chi connectivity index (χ3v) is 8.35. The smallest absolute Gasteiger partial charge is 0.325 e. The fraction of sp³-hybridized carbons (Fsp3) is 0.556. The van der Waals surface area contributed by atoms with Crippen LogP contribution in [0, 0.1) is 34.5 Å². The van der Waals surface area contributed by atoms with E-state index in [0.717, 1.165) is 48.4 Å². The number of esters is 1. The van der Waals surface area contributed by atoms with Crippen LogP contribution in [-0.2, 0) is 19.1 Å². The summed E-state index contributed by atoms with van der Waals surface area (Å²) in [7, 11) is 3.57. The topological polar surface area (TPSA) is 103 Å². The average Bonchev–Trinajstić information content (AvgIpc) is 3.06. The zero-order chi connectivity index (χ0) is 24.7. The second kappa shape index (κ2) is 9.03. The van der Waals surface area contributed by atoms with E-state index in [1.165, 1.54) is 19.3 Å². The van der Waals surface area contributed by atoms with E-state index in [2.05, 4.69) is 5.32 Å². The molecule has 35 heavy (non-hydrogen) atoms. The molecule has 184 valence electrons. The van der Waals surface area contributed by atoms with Gasteiger partial charge in [-0.2, -0.15) is 5.26 Å². The summed E-state index contributed by atoms with van der Waals surface area (Å²) in [5, 5.41) is 12.4. The first-order valence-corrected chi connectivity index (χ1v) is 12.4. The van der Waals surface area contributed by atoms with E-state index in [4.69, 9.17) is 4.74 Å². The van der Waals surface area contributed by atoms with E-state index in [1.807, 2.05) is 30.3 Å². The maximum atomic E-state index is 12.8. The lowest BCUT2D eigenvalue weighted by atomic mass is 9.49. The third kappa shape index (κ3) is 4.40. The van der Waals surface area contributed by atoms with E-state index in [9.17, 15) is 19.6 Å². The molecule has 0 unspecified atom stereocenters. The van der Waals surface area contributed by atoms with Crippen LogP contribution in [0.2, 0.25) is 0 Å². The Morgan fingerprint density at radius 2 is 1.57 bits per heavy atom. The molecule has 0 atom stereocenters. The average molecular weight is 477 g/mol. The van der Waals surface area contributed by atoms with Crippen molar-refractivity contribution in [3.8, 4) is 6.07 Å². The molecule has 0 saturated heterocycles. The molecule has 1 N–H and O–H groups in total. The van der Waals surface area contributed by atoms with Gasteiger partial charge in [-0.05, 0) is 73.8 Å². The molecule has 0 aromatic heterocycles. The normalized spacial score (nSPS) is 27.9. The second-order valence-corrected chi connectivity index (χ2v) is 10.9. The van der Waals surface area contributed by atoms with Crippen LogP contribution in [0.4, 0.5) is 11.4 Å². The molecule has 8 heteroatoms. The number of para-hydroxylation sites is 2. The highest BCUT2D eigenvalue weighted by Gasteiger charge is 2.51. The van der Waals surface area contributed by atoms with Gasteiger partial charge >= 0.3 is 5.97 Å². The molecule has 1 aromatic carbocycles. The Morgan fingerprint density at radius 1 is 1.03 bits per heavy atom. The number of nitriles is 1. The maximum Gasteiger partial charge on any atom is 0.325 e. The lowest BCUT2D eigenvalue weighted by molar-refractivity contribution is -0.147. The summed E-state index contributed by atoms with van der Waals surface area (Å²) in [6.07, 6.45) is 7.81. The van der Waals surface area contributed by atoms with E-state index in [1.54, 1.807) is 23.9 Å². The minimum absolute atomic E-state index is 0.0788. The molecule has 4 aliphatic carbocycles. The number of carbonyl (C=O) groups excluding carboxylic acids is 3. The van der Waals surface area contributed by atoms with Crippen molar-refractivity contribution < 1.29 is 19.1 Å². The number of amides is 1. The van der Waals surface area contributed by atoms with Gasteiger partial charge in [0.2, 0.25) is 11.7 Å². The quantitative estimate of drug-likeness (QED) is 0.366. The lowest BCUT2D eigenvalue weighted by Gasteiger charge is -2.56. The number of rotatable bonds is 7. The highest BCUT2D eigenvalue weighted by Crippen LogP contribution is 2.61. The van der Waals surface area contributed by atoms with Gasteiger partial charge in [0, 0.05) is 20.5 Å². The van der Waals surface area contributed by atoms with Gasteiger partial charge in [-0.25, -0.2) is 0 Å². The van der Waals surface area contributed by atoms with Crippen LogP contribution < -0.4 is 15.1 Å². The van der Waals surface area contributed by atoms with Gasteiger partial charge in [0.05, 0.1) is 11.4 Å². The SMILES string of the molecule is CN1C(=C(C#N)C(=O)COC(=O)CNC(=O)CC23CC4CC(CC(C4)C2)C3)N(C)c2ccccc21. The van der Waals surface area contributed by atoms with E-state index in [0.29, 0.717) is 12.2 Å². The Morgan fingerprint density at radius 3 is 2.09 bits per heavy atom. The Bertz CT molecular complexity index is 1070. The van der Waals surface area contributed by atoms with Gasteiger partial charge in [-0.1, -0.05) is 12.1 Å². The van der Waals surface area contributed by atoms with Crippen molar-refractivity contribution >= 4 is 29.0 Å². The molecule has 1 aliphatic heterocycles. The summed E-state index contributed by atoms with van der Waals surface area (Å²) in [6, 6.07) is 9.56. The van der Waals surface area contributed by atoms with Crippen molar-refractivity contribution in [2.75, 3.05) is 37.0 Å². The lowest BCUT2D eigenvalue weighted by Crippen LogP contribution is -2.48. The van der Waals surface area contributed by atoms with Crippen LogP contribution in [0.15, 0.2) is 35.7 Å². The summed E-state index contributed by atoms with van der Waals surface area (Å²) in [5.74, 6) is 1.34. The molecule has 0 radical (unpaired) electrons. The molecule has 1 aromatic rings. The predicted molar refractivity (Wildman–Crippen MR) is 130 cm³/mol. The molecule has 4 saturated carbocycles. The van der Waals surface area contributed by atoms with Gasteiger partial charge < -0.3 is 19.9 Å². The number of nitrogens with zero attached hydrogens (tertiary/aromatic N) is 3. The number of anilines is 2. The van der Waals surface area contributed by atoms with Gasteiger partial charge in [0.25, 0.3) is 0 Å². The fourth-order valence-corrected chi connectivity index (χ4v) is 7.41. The number of fused-ring (bicyclic) bond motifs is 1. The number of Topliss-reactive ketones (excluding diaryl/α,β-unsaturated/α-hetero) is 1. The number of ether oxygens (including phenoxy) is 1. The molecule has 4 fully saturated rings. The Labute approximate surface area is 205 Å². The zero-order valence-electron chi connectivity index (χ0n) is 20.4. The van der Waals surface area contributed by atoms with Crippen molar-refractivity contribution in [3.63, 3.8) is 0 Å². The van der Waals surface area contributed by atoms with Crippen LogP contribution in [0.3, 0.4) is 0 Å². The largest absolute Gasteiger partial charge is 0.456 e. The molecular formula is C27H32N4O4. The van der Waals surface area contributed by atoms with Gasteiger partial charge in [0.1, 0.15) is 24.0 Å². The number of nitrogens with one attached hydrogen (secondary N) is 1. The van der Waals surface area contributed by atoms with Crippen molar-refractivity contribution in [3.05, 3.63) is 35.7 Å². The molecule has 8 nitrogen and oxygen atoms in total. The standard InChI is InChI=1S/C27H32N4O4/c1-30-21-5-3-4-6-22(21)31(2)26(30)20(14-28)23(32)16-35-25(34)15-29-24(33)13-27-10-17-7-18(11-27)9-19(8-17)12-27/h3-6,17-19H,7-13,15-16H2,1-2H3,(H,29,33). The maximum absolute atomic E-state index is 12.8. The van der Waals surface area contributed by atoms with Gasteiger partial charge in [0.15, 0.2) is 6.61 Å². The molecule has 5 aliphatic rings. The first kappa shape index (κ1) is 23.4. The van der Waals surface area contributed by atoms with Crippen LogP contribution in [0.5, 0.6) is 0 Å². The summed E-state index contributed by atoms with van der Waals surface area (Å²) < 4.78 is 5.11. The van der Waals surface area contributed by atoms with Gasteiger partial charge in [-0.15, -0.1) is 0 Å². The van der Waals surface area contributed by atoms with Crippen molar-refractivity contribution in [1.29, 1.82) is 5.26 Å². The minimum Gasteiger partial charge on any atom is -0.456 e. The molecular weight excluding hydrogens is 444 g/mol. The first-order valence-electron chi connectivity index (χ1n) is 12.4.